The van der Waals surface area contributed by atoms with Gasteiger partial charge in [0.05, 0.1) is 11.8 Å². The number of aliphatic carboxylic acids is 1. The molecule has 0 amide bonds. The van der Waals surface area contributed by atoms with E-state index in [-0.39, 0.29) is 23.9 Å². The van der Waals surface area contributed by atoms with Crippen molar-refractivity contribution in [1.29, 1.82) is 0 Å². The lowest BCUT2D eigenvalue weighted by atomic mass is 9.82. The third-order valence-corrected chi connectivity index (χ3v) is 6.88. The maximum Gasteiger partial charge on any atom is 0.309 e. The summed E-state index contributed by atoms with van der Waals surface area (Å²) >= 11 is 0. The van der Waals surface area contributed by atoms with Crippen LogP contribution in [0.15, 0.2) is 0 Å². The van der Waals surface area contributed by atoms with Crippen LogP contribution in [-0.4, -0.2) is 23.1 Å². The van der Waals surface area contributed by atoms with Crippen molar-refractivity contribution in [3.8, 4) is 0 Å². The van der Waals surface area contributed by atoms with Crippen molar-refractivity contribution >= 4 is 11.9 Å². The van der Waals surface area contributed by atoms with E-state index in [2.05, 4.69) is 20.8 Å². The number of carboxylic acid groups (broad SMARTS) is 1. The molecule has 0 saturated heterocycles. The quantitative estimate of drug-likeness (QED) is 0.174. The molecule has 1 aliphatic rings. The number of hydrogen-bond donors (Lipinski definition) is 1. The molecule has 182 valence electrons. The monoisotopic (exact) mass is 438 g/mol. The number of ether oxygens (including phenoxy) is 1. The van der Waals surface area contributed by atoms with E-state index in [0.29, 0.717) is 25.7 Å². The highest BCUT2D eigenvalue weighted by molar-refractivity contribution is 5.74. The Morgan fingerprint density at radius 1 is 0.742 bits per heavy atom. The Hall–Kier alpha value is -1.06. The molecule has 0 heterocycles. The molecule has 0 aliphatic heterocycles. The SMILES string of the molecule is CCCCCCCC(CCCCCCCCC(C)C)OC(=O)C1CCC(C(=O)O)CC1. The third kappa shape index (κ3) is 13.9. The fourth-order valence-corrected chi connectivity index (χ4v) is 4.71. The highest BCUT2D eigenvalue weighted by Gasteiger charge is 2.31. The van der Waals surface area contributed by atoms with Crippen molar-refractivity contribution in [2.75, 3.05) is 0 Å². The number of rotatable bonds is 18. The predicted octanol–water partition coefficient (Wildman–Crippen LogP) is 7.93. The first kappa shape index (κ1) is 28.0. The molecule has 1 rings (SSSR count). The van der Waals surface area contributed by atoms with Gasteiger partial charge < -0.3 is 9.84 Å². The minimum Gasteiger partial charge on any atom is -0.481 e. The van der Waals surface area contributed by atoms with Gasteiger partial charge in [0.15, 0.2) is 0 Å². The first-order valence-electron chi connectivity index (χ1n) is 13.4. The molecule has 1 saturated carbocycles. The Morgan fingerprint density at radius 2 is 1.19 bits per heavy atom. The van der Waals surface area contributed by atoms with Crippen LogP contribution in [0.4, 0.5) is 0 Å². The molecule has 0 aromatic carbocycles. The third-order valence-electron chi connectivity index (χ3n) is 6.88. The van der Waals surface area contributed by atoms with E-state index < -0.39 is 5.97 Å². The second-order valence-corrected chi connectivity index (χ2v) is 10.2. The Balaban J connectivity index is 2.32. The highest BCUT2D eigenvalue weighted by Crippen LogP contribution is 2.30. The van der Waals surface area contributed by atoms with Gasteiger partial charge in [-0.25, -0.2) is 0 Å². The first-order chi connectivity index (χ1) is 14.9. The fourth-order valence-electron chi connectivity index (χ4n) is 4.71. The second kappa shape index (κ2) is 17.5. The lowest BCUT2D eigenvalue weighted by Crippen LogP contribution is -2.29. The number of carbonyl (C=O) groups is 2. The van der Waals surface area contributed by atoms with Gasteiger partial charge >= 0.3 is 11.9 Å². The molecule has 1 aliphatic carbocycles. The van der Waals surface area contributed by atoms with Gasteiger partial charge in [-0.15, -0.1) is 0 Å². The maximum atomic E-state index is 12.7. The minimum atomic E-state index is -0.721. The molecule has 0 aromatic heterocycles. The Morgan fingerprint density at radius 3 is 1.68 bits per heavy atom. The summed E-state index contributed by atoms with van der Waals surface area (Å²) in [6.07, 6.45) is 19.7. The summed E-state index contributed by atoms with van der Waals surface area (Å²) in [5.41, 5.74) is 0. The number of unbranched alkanes of at least 4 members (excludes halogenated alkanes) is 9. The van der Waals surface area contributed by atoms with Crippen LogP contribution in [0.25, 0.3) is 0 Å². The zero-order valence-corrected chi connectivity index (χ0v) is 20.7. The average Bonchev–Trinajstić information content (AvgIpc) is 2.74. The number of carbonyl (C=O) groups excluding carboxylic acids is 1. The van der Waals surface area contributed by atoms with Crippen LogP contribution in [0.5, 0.6) is 0 Å². The molecule has 0 radical (unpaired) electrons. The van der Waals surface area contributed by atoms with Crippen molar-refractivity contribution in [1.82, 2.24) is 0 Å². The molecule has 4 heteroatoms. The normalized spacial score (nSPS) is 20.0. The maximum absolute atomic E-state index is 12.7. The van der Waals surface area contributed by atoms with E-state index in [0.717, 1.165) is 31.6 Å². The summed E-state index contributed by atoms with van der Waals surface area (Å²) in [7, 11) is 0. The van der Waals surface area contributed by atoms with E-state index in [9.17, 15) is 9.59 Å². The van der Waals surface area contributed by atoms with Crippen molar-refractivity contribution in [2.45, 2.75) is 142 Å². The summed E-state index contributed by atoms with van der Waals surface area (Å²) in [6, 6.07) is 0. The lowest BCUT2D eigenvalue weighted by Gasteiger charge is -2.27. The Bertz CT molecular complexity index is 466. The van der Waals surface area contributed by atoms with Gasteiger partial charge in [-0.3, -0.25) is 9.59 Å². The summed E-state index contributed by atoms with van der Waals surface area (Å²) in [6.45, 7) is 6.81. The molecule has 1 fully saturated rings. The number of esters is 1. The van der Waals surface area contributed by atoms with E-state index in [4.69, 9.17) is 9.84 Å². The molecule has 0 aromatic rings. The van der Waals surface area contributed by atoms with Crippen LogP contribution in [0.2, 0.25) is 0 Å². The Kier molecular flexibility index (Phi) is 15.8. The molecule has 1 atom stereocenters. The van der Waals surface area contributed by atoms with Crippen LogP contribution in [-0.2, 0) is 14.3 Å². The van der Waals surface area contributed by atoms with E-state index in [1.807, 2.05) is 0 Å². The fraction of sp³-hybridized carbons (Fsp3) is 0.926. The Labute approximate surface area is 191 Å². The van der Waals surface area contributed by atoms with Crippen molar-refractivity contribution in [3.05, 3.63) is 0 Å². The standard InChI is InChI=1S/C27H50O4/c1-4-5-6-9-13-16-25(17-14-11-8-7-10-12-15-22(2)3)31-27(30)24-20-18-23(19-21-24)26(28)29/h22-25H,4-21H2,1-3H3,(H,28,29). The van der Waals surface area contributed by atoms with Gasteiger partial charge in [0.25, 0.3) is 0 Å². The lowest BCUT2D eigenvalue weighted by molar-refractivity contribution is -0.158. The first-order valence-corrected chi connectivity index (χ1v) is 13.4. The van der Waals surface area contributed by atoms with E-state index in [1.54, 1.807) is 0 Å². The minimum absolute atomic E-state index is 0.0484. The highest BCUT2D eigenvalue weighted by atomic mass is 16.5. The smallest absolute Gasteiger partial charge is 0.309 e. The predicted molar refractivity (Wildman–Crippen MR) is 128 cm³/mol. The van der Waals surface area contributed by atoms with Gasteiger partial charge in [-0.2, -0.15) is 0 Å². The number of carboxylic acids is 1. The van der Waals surface area contributed by atoms with Crippen LogP contribution in [0.1, 0.15) is 136 Å². The van der Waals surface area contributed by atoms with E-state index in [1.165, 1.54) is 64.2 Å². The molecule has 0 bridgehead atoms. The van der Waals surface area contributed by atoms with Crippen LogP contribution >= 0.6 is 0 Å². The summed E-state index contributed by atoms with van der Waals surface area (Å²) in [5, 5.41) is 9.16. The summed E-state index contributed by atoms with van der Waals surface area (Å²) in [4.78, 5) is 23.9. The zero-order chi connectivity index (χ0) is 22.9. The molecular weight excluding hydrogens is 388 g/mol. The van der Waals surface area contributed by atoms with Crippen LogP contribution < -0.4 is 0 Å². The molecule has 31 heavy (non-hydrogen) atoms. The summed E-state index contributed by atoms with van der Waals surface area (Å²) < 4.78 is 5.98. The number of hydrogen-bond acceptors (Lipinski definition) is 3. The van der Waals surface area contributed by atoms with Gasteiger partial charge in [0.2, 0.25) is 0 Å². The molecule has 1 unspecified atom stereocenters. The van der Waals surface area contributed by atoms with Crippen molar-refractivity contribution < 1.29 is 19.4 Å². The molecule has 4 nitrogen and oxygen atoms in total. The molecule has 1 N–H and O–H groups in total. The van der Waals surface area contributed by atoms with Gasteiger partial charge in [-0.05, 0) is 57.3 Å². The van der Waals surface area contributed by atoms with Gasteiger partial charge in [0.1, 0.15) is 6.10 Å². The zero-order valence-electron chi connectivity index (χ0n) is 20.7. The molecular formula is C27H50O4. The topological polar surface area (TPSA) is 63.6 Å². The van der Waals surface area contributed by atoms with E-state index >= 15 is 0 Å². The van der Waals surface area contributed by atoms with Crippen LogP contribution in [0, 0.1) is 17.8 Å². The van der Waals surface area contributed by atoms with Crippen molar-refractivity contribution in [3.63, 3.8) is 0 Å². The average molecular weight is 439 g/mol. The van der Waals surface area contributed by atoms with Crippen molar-refractivity contribution in [2.24, 2.45) is 17.8 Å². The molecule has 0 spiro atoms. The van der Waals surface area contributed by atoms with Gasteiger partial charge in [-0.1, -0.05) is 85.0 Å². The van der Waals surface area contributed by atoms with Gasteiger partial charge in [0, 0.05) is 0 Å². The summed E-state index contributed by atoms with van der Waals surface area (Å²) in [5.74, 6) is -0.359. The largest absolute Gasteiger partial charge is 0.481 e. The van der Waals surface area contributed by atoms with Crippen LogP contribution in [0.3, 0.4) is 0 Å². The second-order valence-electron chi connectivity index (χ2n) is 10.2.